The molecule has 0 amide bonds. The molecule has 252 valence electrons. The van der Waals surface area contributed by atoms with Crippen LogP contribution in [0.25, 0.3) is 99.9 Å². The van der Waals surface area contributed by atoms with Gasteiger partial charge in [-0.1, -0.05) is 194 Å². The Kier molecular flexibility index (Phi) is 7.81. The number of benzene rings is 9. The zero-order chi connectivity index (χ0) is 35.8. The maximum absolute atomic E-state index is 5.16. The first-order valence-corrected chi connectivity index (χ1v) is 18.3. The molecule has 54 heavy (non-hydrogen) atoms. The van der Waals surface area contributed by atoms with E-state index in [1.807, 2.05) is 18.2 Å². The Hall–Kier alpha value is -7.23. The van der Waals surface area contributed by atoms with E-state index in [2.05, 4.69) is 182 Å². The second kappa shape index (κ2) is 13.4. The van der Waals surface area contributed by atoms with Gasteiger partial charge in [-0.3, -0.25) is 0 Å². The van der Waals surface area contributed by atoms with Crippen LogP contribution in [0.15, 0.2) is 200 Å². The fraction of sp³-hybridized carbons (Fsp3) is 0. The van der Waals surface area contributed by atoms with Gasteiger partial charge in [-0.2, -0.15) is 0 Å². The van der Waals surface area contributed by atoms with E-state index in [9.17, 15) is 0 Å². The minimum absolute atomic E-state index is 0.630. The van der Waals surface area contributed by atoms with Crippen molar-refractivity contribution in [2.45, 2.75) is 0 Å². The van der Waals surface area contributed by atoms with Gasteiger partial charge in [-0.05, 0) is 71.8 Å². The Labute approximate surface area is 313 Å². The van der Waals surface area contributed by atoms with Crippen LogP contribution in [0.5, 0.6) is 0 Å². The molecule has 0 aliphatic heterocycles. The lowest BCUT2D eigenvalue weighted by Gasteiger charge is -2.15. The molecule has 3 heteroatoms. The molecule has 0 N–H and O–H groups in total. The van der Waals surface area contributed by atoms with Gasteiger partial charge in [-0.25, -0.2) is 15.0 Å². The molecular formula is C51H33N3. The molecule has 0 spiro atoms. The van der Waals surface area contributed by atoms with Crippen LogP contribution in [0.3, 0.4) is 0 Å². The Balaban J connectivity index is 1.12. The highest BCUT2D eigenvalue weighted by molar-refractivity contribution is 6.20. The van der Waals surface area contributed by atoms with Crippen LogP contribution < -0.4 is 0 Å². The quantitative estimate of drug-likeness (QED) is 0.129. The molecule has 0 bridgehead atoms. The average Bonchev–Trinajstić information content (AvgIpc) is 3.26. The van der Waals surface area contributed by atoms with Crippen molar-refractivity contribution in [3.05, 3.63) is 200 Å². The van der Waals surface area contributed by atoms with E-state index < -0.39 is 0 Å². The van der Waals surface area contributed by atoms with Gasteiger partial charge in [0.25, 0.3) is 0 Å². The minimum Gasteiger partial charge on any atom is -0.208 e. The van der Waals surface area contributed by atoms with E-state index in [4.69, 9.17) is 15.0 Å². The van der Waals surface area contributed by atoms with Gasteiger partial charge in [0, 0.05) is 16.7 Å². The lowest BCUT2D eigenvalue weighted by Crippen LogP contribution is -2.01. The first-order valence-electron chi connectivity index (χ1n) is 18.3. The van der Waals surface area contributed by atoms with Crippen LogP contribution in [-0.2, 0) is 0 Å². The smallest absolute Gasteiger partial charge is 0.164 e. The SMILES string of the molecule is c1ccc(-c2ccc(-c3nc(-c4ccc(-c5c6ccccc6cc6c5ccc5ccccc56)cc4)nc(-c4ccccc4-c4ccccc4)n3)cc2)cc1. The molecule has 10 aromatic rings. The summed E-state index contributed by atoms with van der Waals surface area (Å²) in [6.45, 7) is 0. The van der Waals surface area contributed by atoms with E-state index in [-0.39, 0.29) is 0 Å². The lowest BCUT2D eigenvalue weighted by molar-refractivity contribution is 1.07. The zero-order valence-corrected chi connectivity index (χ0v) is 29.4. The highest BCUT2D eigenvalue weighted by atomic mass is 15.0. The summed E-state index contributed by atoms with van der Waals surface area (Å²) in [5.41, 5.74) is 9.71. The first-order chi connectivity index (χ1) is 26.8. The molecule has 1 heterocycles. The molecule has 10 rings (SSSR count). The summed E-state index contributed by atoms with van der Waals surface area (Å²) in [6.07, 6.45) is 0. The number of rotatable bonds is 6. The minimum atomic E-state index is 0.630. The predicted octanol–water partition coefficient (Wildman–Crippen LogP) is 13.3. The molecule has 0 unspecified atom stereocenters. The molecule has 0 aliphatic carbocycles. The second-order valence-electron chi connectivity index (χ2n) is 13.6. The molecular weight excluding hydrogens is 655 g/mol. The third-order valence-electron chi connectivity index (χ3n) is 10.3. The van der Waals surface area contributed by atoms with E-state index in [1.165, 1.54) is 43.4 Å². The number of fused-ring (bicyclic) bond motifs is 4. The van der Waals surface area contributed by atoms with E-state index in [0.29, 0.717) is 17.5 Å². The predicted molar refractivity (Wildman–Crippen MR) is 225 cm³/mol. The molecule has 3 nitrogen and oxygen atoms in total. The van der Waals surface area contributed by atoms with Gasteiger partial charge in [-0.15, -0.1) is 0 Å². The van der Waals surface area contributed by atoms with E-state index in [0.717, 1.165) is 38.9 Å². The van der Waals surface area contributed by atoms with Crippen LogP contribution in [0.4, 0.5) is 0 Å². The monoisotopic (exact) mass is 687 g/mol. The number of hydrogen-bond donors (Lipinski definition) is 0. The number of hydrogen-bond acceptors (Lipinski definition) is 3. The van der Waals surface area contributed by atoms with Crippen LogP contribution in [0, 0.1) is 0 Å². The van der Waals surface area contributed by atoms with Crippen LogP contribution >= 0.6 is 0 Å². The summed E-state index contributed by atoms with van der Waals surface area (Å²) in [6, 6.07) is 70.5. The summed E-state index contributed by atoms with van der Waals surface area (Å²) in [7, 11) is 0. The van der Waals surface area contributed by atoms with Gasteiger partial charge in [0.2, 0.25) is 0 Å². The zero-order valence-electron chi connectivity index (χ0n) is 29.4. The summed E-state index contributed by atoms with van der Waals surface area (Å²) in [5.74, 6) is 1.90. The van der Waals surface area contributed by atoms with Gasteiger partial charge in [0.1, 0.15) is 0 Å². The van der Waals surface area contributed by atoms with E-state index in [1.54, 1.807) is 0 Å². The van der Waals surface area contributed by atoms with Crippen LogP contribution in [0.1, 0.15) is 0 Å². The molecule has 0 aliphatic rings. The highest BCUT2D eigenvalue weighted by Gasteiger charge is 2.17. The molecule has 0 fully saturated rings. The van der Waals surface area contributed by atoms with Gasteiger partial charge < -0.3 is 0 Å². The van der Waals surface area contributed by atoms with Crippen molar-refractivity contribution < 1.29 is 0 Å². The van der Waals surface area contributed by atoms with Crippen LogP contribution in [0.2, 0.25) is 0 Å². The molecule has 0 saturated carbocycles. The molecule has 0 saturated heterocycles. The van der Waals surface area contributed by atoms with E-state index >= 15 is 0 Å². The lowest BCUT2D eigenvalue weighted by atomic mass is 9.89. The molecule has 9 aromatic carbocycles. The number of nitrogens with zero attached hydrogens (tertiary/aromatic N) is 3. The maximum atomic E-state index is 5.16. The Morgan fingerprint density at radius 1 is 0.241 bits per heavy atom. The van der Waals surface area contributed by atoms with Crippen molar-refractivity contribution >= 4 is 32.3 Å². The fourth-order valence-corrected chi connectivity index (χ4v) is 7.66. The van der Waals surface area contributed by atoms with Gasteiger partial charge >= 0.3 is 0 Å². The van der Waals surface area contributed by atoms with Crippen molar-refractivity contribution in [2.24, 2.45) is 0 Å². The van der Waals surface area contributed by atoms with Crippen molar-refractivity contribution in [3.63, 3.8) is 0 Å². The molecule has 1 aromatic heterocycles. The van der Waals surface area contributed by atoms with Crippen molar-refractivity contribution in [1.29, 1.82) is 0 Å². The standard InChI is InChI=1S/C51H33N3/c1-3-13-34(14-4-1)35-23-27-39(28-24-35)49-52-50(54-51(53-49)46-22-12-11-19-42(46)36-15-5-2-6-16-36)40-29-25-38(26-30-40)48-44-21-10-8-18-41(44)33-47-43-20-9-7-17-37(43)31-32-45(47)48/h1-33H. The third kappa shape index (κ3) is 5.69. The highest BCUT2D eigenvalue weighted by Crippen LogP contribution is 2.40. The summed E-state index contributed by atoms with van der Waals surface area (Å²) >= 11 is 0. The molecule has 0 radical (unpaired) electrons. The topological polar surface area (TPSA) is 38.7 Å². The van der Waals surface area contributed by atoms with Crippen LogP contribution in [-0.4, -0.2) is 15.0 Å². The third-order valence-corrected chi connectivity index (χ3v) is 10.3. The fourth-order valence-electron chi connectivity index (χ4n) is 7.66. The average molecular weight is 688 g/mol. The first kappa shape index (κ1) is 31.5. The summed E-state index contributed by atoms with van der Waals surface area (Å²) < 4.78 is 0. The Bertz CT molecular complexity index is 2950. The van der Waals surface area contributed by atoms with Crippen molar-refractivity contribution in [2.75, 3.05) is 0 Å². The summed E-state index contributed by atoms with van der Waals surface area (Å²) in [5, 5.41) is 7.45. The van der Waals surface area contributed by atoms with Crippen molar-refractivity contribution in [3.8, 4) is 67.5 Å². The normalized spacial score (nSPS) is 11.3. The summed E-state index contributed by atoms with van der Waals surface area (Å²) in [4.78, 5) is 15.4. The van der Waals surface area contributed by atoms with Gasteiger partial charge in [0.05, 0.1) is 0 Å². The Morgan fingerprint density at radius 3 is 1.41 bits per heavy atom. The number of aromatic nitrogens is 3. The molecule has 0 atom stereocenters. The largest absolute Gasteiger partial charge is 0.208 e. The van der Waals surface area contributed by atoms with Crippen molar-refractivity contribution in [1.82, 2.24) is 15.0 Å². The Morgan fingerprint density at radius 2 is 0.722 bits per heavy atom. The second-order valence-corrected chi connectivity index (χ2v) is 13.6. The maximum Gasteiger partial charge on any atom is 0.164 e. The van der Waals surface area contributed by atoms with Gasteiger partial charge in [0.15, 0.2) is 17.5 Å².